The van der Waals surface area contributed by atoms with Gasteiger partial charge in [-0.3, -0.25) is 20.2 Å². The third-order valence-electron chi connectivity index (χ3n) is 5.22. The second kappa shape index (κ2) is 6.20. The first-order valence-corrected chi connectivity index (χ1v) is 8.35. The summed E-state index contributed by atoms with van der Waals surface area (Å²) in [6.07, 6.45) is 3.13. The van der Waals surface area contributed by atoms with E-state index in [1.807, 2.05) is 6.92 Å². The summed E-state index contributed by atoms with van der Waals surface area (Å²) in [4.78, 5) is 36.6. The van der Waals surface area contributed by atoms with Crippen molar-refractivity contribution in [3.05, 3.63) is 0 Å². The van der Waals surface area contributed by atoms with Gasteiger partial charge in [0.2, 0.25) is 11.8 Å². The molecule has 0 aromatic heterocycles. The maximum atomic E-state index is 12.6. The predicted octanol–water partition coefficient (Wildman–Crippen LogP) is 0.969. The van der Waals surface area contributed by atoms with Crippen LogP contribution in [-0.4, -0.2) is 43.3 Å². The lowest BCUT2D eigenvalue weighted by Crippen LogP contribution is -2.65. The zero-order valence-corrected chi connectivity index (χ0v) is 13.6. The highest BCUT2D eigenvalue weighted by molar-refractivity contribution is 6.19. The summed E-state index contributed by atoms with van der Waals surface area (Å²) in [6, 6.07) is -0.732. The SMILES string of the molecule is CCC1(C(CC(C)CC2CO2)CC2CO2)C(=O)NC(=O)NC1=O. The first kappa shape index (κ1) is 16.4. The fourth-order valence-corrected chi connectivity index (χ4v) is 3.80. The minimum atomic E-state index is -1.20. The summed E-state index contributed by atoms with van der Waals surface area (Å²) in [7, 11) is 0. The molecule has 0 aromatic carbocycles. The fourth-order valence-electron chi connectivity index (χ4n) is 3.80. The molecule has 7 heteroatoms. The number of amides is 4. The molecule has 0 spiro atoms. The predicted molar refractivity (Wildman–Crippen MR) is 80.4 cm³/mol. The van der Waals surface area contributed by atoms with Crippen molar-refractivity contribution < 1.29 is 23.9 Å². The number of ether oxygens (including phenoxy) is 2. The van der Waals surface area contributed by atoms with Crippen molar-refractivity contribution in [1.29, 1.82) is 0 Å². The van der Waals surface area contributed by atoms with Gasteiger partial charge >= 0.3 is 6.03 Å². The summed E-state index contributed by atoms with van der Waals surface area (Å²) in [5, 5.41) is 4.55. The van der Waals surface area contributed by atoms with Crippen molar-refractivity contribution in [1.82, 2.24) is 10.6 Å². The van der Waals surface area contributed by atoms with E-state index in [0.717, 1.165) is 19.4 Å². The van der Waals surface area contributed by atoms with E-state index < -0.39 is 23.3 Å². The minimum absolute atomic E-state index is 0.117. The molecule has 4 atom stereocenters. The summed E-state index contributed by atoms with van der Waals surface area (Å²) in [5.74, 6) is -0.765. The summed E-state index contributed by atoms with van der Waals surface area (Å²) < 4.78 is 10.6. The zero-order valence-electron chi connectivity index (χ0n) is 13.6. The van der Waals surface area contributed by atoms with Gasteiger partial charge in [0.1, 0.15) is 5.41 Å². The molecule has 0 radical (unpaired) electrons. The molecule has 3 saturated heterocycles. The van der Waals surface area contributed by atoms with Crippen molar-refractivity contribution in [2.75, 3.05) is 13.2 Å². The molecule has 23 heavy (non-hydrogen) atoms. The molecule has 3 aliphatic heterocycles. The van der Waals surface area contributed by atoms with Crippen LogP contribution in [0, 0.1) is 17.3 Å². The molecule has 3 aliphatic rings. The average Bonchev–Trinajstić information content (AvgIpc) is 3.34. The number of imide groups is 2. The van der Waals surface area contributed by atoms with Gasteiger partial charge in [-0.05, 0) is 37.5 Å². The highest BCUT2D eigenvalue weighted by atomic mass is 16.6. The Morgan fingerprint density at radius 1 is 1.09 bits per heavy atom. The standard InChI is InChI=1S/C16H24N2O5/c1-3-16(13(19)17-15(21)18-14(16)20)10(6-12-8-23-12)4-9(2)5-11-7-22-11/h9-12H,3-8H2,1-2H3,(H2,17,18,19,20,21). The van der Waals surface area contributed by atoms with Gasteiger partial charge in [-0.25, -0.2) is 4.79 Å². The van der Waals surface area contributed by atoms with Crippen LogP contribution in [-0.2, 0) is 19.1 Å². The van der Waals surface area contributed by atoms with Crippen LogP contribution in [0.25, 0.3) is 0 Å². The van der Waals surface area contributed by atoms with E-state index in [2.05, 4.69) is 17.6 Å². The van der Waals surface area contributed by atoms with E-state index in [9.17, 15) is 14.4 Å². The van der Waals surface area contributed by atoms with Gasteiger partial charge in [-0.15, -0.1) is 0 Å². The number of rotatable bonds is 8. The molecule has 128 valence electrons. The molecular formula is C16H24N2O5. The first-order chi connectivity index (χ1) is 11.0. The van der Waals surface area contributed by atoms with Gasteiger partial charge in [0.05, 0.1) is 25.4 Å². The lowest BCUT2D eigenvalue weighted by Gasteiger charge is -2.40. The van der Waals surface area contributed by atoms with Gasteiger partial charge in [0.25, 0.3) is 0 Å². The Kier molecular flexibility index (Phi) is 4.42. The maximum Gasteiger partial charge on any atom is 0.328 e. The van der Waals surface area contributed by atoms with Crippen LogP contribution >= 0.6 is 0 Å². The van der Waals surface area contributed by atoms with Gasteiger partial charge < -0.3 is 9.47 Å². The molecule has 7 nitrogen and oxygen atoms in total. The van der Waals surface area contributed by atoms with Gasteiger partial charge in [0.15, 0.2) is 0 Å². The van der Waals surface area contributed by atoms with E-state index in [4.69, 9.17) is 9.47 Å². The number of barbiturate groups is 1. The number of urea groups is 1. The van der Waals surface area contributed by atoms with Crippen LogP contribution in [0.5, 0.6) is 0 Å². The second-order valence-corrected chi connectivity index (χ2v) is 6.98. The highest BCUT2D eigenvalue weighted by Crippen LogP contribution is 2.43. The normalized spacial score (nSPS) is 31.1. The number of epoxide rings is 2. The maximum absolute atomic E-state index is 12.6. The summed E-state index contributed by atoms with van der Waals surface area (Å²) in [6.45, 7) is 5.42. The van der Waals surface area contributed by atoms with Crippen LogP contribution in [0.3, 0.4) is 0 Å². The highest BCUT2D eigenvalue weighted by Gasteiger charge is 2.55. The van der Waals surface area contributed by atoms with Crippen molar-refractivity contribution in [2.24, 2.45) is 17.3 Å². The van der Waals surface area contributed by atoms with E-state index in [0.29, 0.717) is 31.5 Å². The third kappa shape index (κ3) is 3.40. The monoisotopic (exact) mass is 324 g/mol. The Morgan fingerprint density at radius 2 is 1.61 bits per heavy atom. The minimum Gasteiger partial charge on any atom is -0.373 e. The van der Waals surface area contributed by atoms with E-state index in [-0.39, 0.29) is 12.0 Å². The number of hydrogen-bond acceptors (Lipinski definition) is 5. The second-order valence-electron chi connectivity index (χ2n) is 6.98. The molecule has 0 bridgehead atoms. The molecule has 4 unspecified atom stereocenters. The molecule has 0 aliphatic carbocycles. The molecule has 4 amide bonds. The van der Waals surface area contributed by atoms with Crippen LogP contribution in [0.1, 0.15) is 39.5 Å². The van der Waals surface area contributed by atoms with E-state index >= 15 is 0 Å². The third-order valence-corrected chi connectivity index (χ3v) is 5.22. The smallest absolute Gasteiger partial charge is 0.328 e. The van der Waals surface area contributed by atoms with Gasteiger partial charge in [0, 0.05) is 0 Å². The van der Waals surface area contributed by atoms with Crippen LogP contribution < -0.4 is 10.6 Å². The molecule has 0 saturated carbocycles. The fraction of sp³-hybridized carbons (Fsp3) is 0.812. The Labute approximate surface area is 135 Å². The van der Waals surface area contributed by atoms with Crippen molar-refractivity contribution in [2.45, 2.75) is 51.7 Å². The molecule has 0 aromatic rings. The average molecular weight is 324 g/mol. The Morgan fingerprint density at radius 3 is 2.09 bits per heavy atom. The van der Waals surface area contributed by atoms with Crippen LogP contribution in [0.2, 0.25) is 0 Å². The number of nitrogens with one attached hydrogen (secondary N) is 2. The molecule has 2 N–H and O–H groups in total. The van der Waals surface area contributed by atoms with Crippen molar-refractivity contribution in [3.63, 3.8) is 0 Å². The van der Waals surface area contributed by atoms with Crippen LogP contribution in [0.15, 0.2) is 0 Å². The quantitative estimate of drug-likeness (QED) is 0.512. The van der Waals surface area contributed by atoms with Crippen LogP contribution in [0.4, 0.5) is 4.79 Å². The topological polar surface area (TPSA) is 100 Å². The first-order valence-electron chi connectivity index (χ1n) is 8.35. The number of hydrogen-bond donors (Lipinski definition) is 2. The summed E-state index contributed by atoms with van der Waals surface area (Å²) in [5.41, 5.74) is -1.20. The lowest BCUT2D eigenvalue weighted by atomic mass is 9.66. The van der Waals surface area contributed by atoms with E-state index in [1.54, 1.807) is 0 Å². The Hall–Kier alpha value is -1.47. The zero-order chi connectivity index (χ0) is 16.6. The van der Waals surface area contributed by atoms with E-state index in [1.165, 1.54) is 0 Å². The Bertz CT molecular complexity index is 493. The number of carbonyl (C=O) groups excluding carboxylic acids is 3. The Balaban J connectivity index is 1.80. The molecule has 3 fully saturated rings. The lowest BCUT2D eigenvalue weighted by molar-refractivity contribution is -0.149. The largest absolute Gasteiger partial charge is 0.373 e. The van der Waals surface area contributed by atoms with Gasteiger partial charge in [-0.2, -0.15) is 0 Å². The van der Waals surface area contributed by atoms with Crippen molar-refractivity contribution in [3.8, 4) is 0 Å². The molecular weight excluding hydrogens is 300 g/mol. The summed E-state index contributed by atoms with van der Waals surface area (Å²) >= 11 is 0. The molecule has 3 heterocycles. The molecule has 3 rings (SSSR count). The van der Waals surface area contributed by atoms with Crippen molar-refractivity contribution >= 4 is 17.8 Å². The van der Waals surface area contributed by atoms with Gasteiger partial charge in [-0.1, -0.05) is 13.8 Å². The number of carbonyl (C=O) groups is 3.